The van der Waals surface area contributed by atoms with E-state index in [9.17, 15) is 44.6 Å². The Morgan fingerprint density at radius 2 is 0.850 bits per heavy atom. The van der Waals surface area contributed by atoms with Crippen LogP contribution in [0.15, 0.2) is 12.2 Å². The SMILES string of the molecule is CCCCCCCC/C=C/CCCCCCCCCCCCCC(=O)O[C@H](COC(=O)CCCCCCCCCCCC)COP(=O)(O)OC1C(O)C(O)C(O)[C@H](O)C1O. The quantitative estimate of drug-likeness (QED) is 0.0147. The molecule has 1 rings (SSSR count). The van der Waals surface area contributed by atoms with Gasteiger partial charge in [0.05, 0.1) is 6.61 Å². The second-order valence-corrected chi connectivity index (χ2v) is 18.4. The van der Waals surface area contributed by atoms with Crippen LogP contribution in [0, 0.1) is 0 Å². The average Bonchev–Trinajstić information content (AvgIpc) is 3.23. The third kappa shape index (κ3) is 29.0. The largest absolute Gasteiger partial charge is 0.472 e. The van der Waals surface area contributed by atoms with Crippen molar-refractivity contribution in [2.75, 3.05) is 13.2 Å². The maximum atomic E-state index is 12.8. The van der Waals surface area contributed by atoms with Crippen LogP contribution in [0.25, 0.3) is 0 Å². The van der Waals surface area contributed by atoms with E-state index >= 15 is 0 Å². The van der Waals surface area contributed by atoms with Gasteiger partial charge in [-0.05, 0) is 38.5 Å². The molecule has 60 heavy (non-hydrogen) atoms. The Bertz CT molecular complexity index is 1110. The van der Waals surface area contributed by atoms with Crippen molar-refractivity contribution < 1.29 is 63.1 Å². The first-order valence-corrected chi connectivity index (χ1v) is 25.5. The van der Waals surface area contributed by atoms with E-state index in [1.165, 1.54) is 128 Å². The van der Waals surface area contributed by atoms with E-state index in [1.807, 2.05) is 0 Å². The molecule has 0 spiro atoms. The summed E-state index contributed by atoms with van der Waals surface area (Å²) in [5.41, 5.74) is 0. The second kappa shape index (κ2) is 37.0. The molecule has 1 fully saturated rings. The Morgan fingerprint density at radius 1 is 0.500 bits per heavy atom. The fourth-order valence-electron chi connectivity index (χ4n) is 7.46. The lowest BCUT2D eigenvalue weighted by Crippen LogP contribution is -2.64. The Kier molecular flexibility index (Phi) is 34.9. The molecule has 13 nitrogen and oxygen atoms in total. The molecule has 1 aliphatic rings. The zero-order valence-corrected chi connectivity index (χ0v) is 38.4. The highest BCUT2D eigenvalue weighted by Crippen LogP contribution is 2.47. The van der Waals surface area contributed by atoms with E-state index < -0.39 is 75.7 Å². The predicted octanol–water partition coefficient (Wildman–Crippen LogP) is 9.45. The summed E-state index contributed by atoms with van der Waals surface area (Å²) in [7, 11) is -5.11. The van der Waals surface area contributed by atoms with Crippen LogP contribution in [-0.4, -0.2) is 98.3 Å². The number of aliphatic hydroxyl groups is 5. The van der Waals surface area contributed by atoms with Crippen molar-refractivity contribution >= 4 is 19.8 Å². The summed E-state index contributed by atoms with van der Waals surface area (Å²) in [6.07, 6.45) is 25.6. The Morgan fingerprint density at radius 3 is 1.27 bits per heavy atom. The standard InChI is InChI=1S/C46H87O13P/c1-3-5-7-9-11-13-15-16-17-18-19-20-21-22-23-24-25-27-29-31-33-35-40(48)58-38(36-56-39(47)34-32-30-28-26-14-12-10-8-6-4-2)37-57-60(54,55)59-46-44(52)42(50)41(49)43(51)45(46)53/h16-17,38,41-46,49-53H,3-15,18-37H2,1-2H3,(H,54,55)/b17-16+/t38-,41?,42+,43?,44?,45?,46?/m1/s1. The molecule has 8 atom stereocenters. The van der Waals surface area contributed by atoms with Crippen molar-refractivity contribution in [1.82, 2.24) is 0 Å². The molecular formula is C46H87O13P. The van der Waals surface area contributed by atoms with Crippen molar-refractivity contribution in [2.24, 2.45) is 0 Å². The van der Waals surface area contributed by atoms with Crippen LogP contribution in [-0.2, 0) is 32.7 Å². The van der Waals surface area contributed by atoms with E-state index in [1.54, 1.807) is 0 Å². The maximum absolute atomic E-state index is 12.8. The van der Waals surface area contributed by atoms with Gasteiger partial charge in [0.1, 0.15) is 43.2 Å². The van der Waals surface area contributed by atoms with Crippen molar-refractivity contribution in [1.29, 1.82) is 0 Å². The third-order valence-corrected chi connectivity index (χ3v) is 12.3. The number of allylic oxidation sites excluding steroid dienone is 2. The molecule has 354 valence electrons. The second-order valence-electron chi connectivity index (χ2n) is 17.0. The van der Waals surface area contributed by atoms with Crippen LogP contribution in [0.2, 0.25) is 0 Å². The highest BCUT2D eigenvalue weighted by atomic mass is 31.2. The molecule has 0 amide bonds. The van der Waals surface area contributed by atoms with Gasteiger partial charge in [0.15, 0.2) is 6.10 Å². The molecule has 0 bridgehead atoms. The molecule has 0 aliphatic heterocycles. The van der Waals surface area contributed by atoms with Crippen molar-refractivity contribution in [3.05, 3.63) is 12.2 Å². The van der Waals surface area contributed by atoms with Gasteiger partial charge in [-0.2, -0.15) is 0 Å². The smallest absolute Gasteiger partial charge is 0.462 e. The van der Waals surface area contributed by atoms with Gasteiger partial charge in [-0.3, -0.25) is 18.6 Å². The molecule has 1 aliphatic carbocycles. The molecule has 6 unspecified atom stereocenters. The minimum Gasteiger partial charge on any atom is -0.462 e. The summed E-state index contributed by atoms with van der Waals surface area (Å²) >= 11 is 0. The van der Waals surface area contributed by atoms with E-state index in [2.05, 4.69) is 26.0 Å². The van der Waals surface area contributed by atoms with Crippen LogP contribution in [0.3, 0.4) is 0 Å². The summed E-state index contributed by atoms with van der Waals surface area (Å²) in [5.74, 6) is -1.09. The van der Waals surface area contributed by atoms with Gasteiger partial charge in [-0.15, -0.1) is 0 Å². The monoisotopic (exact) mass is 879 g/mol. The van der Waals surface area contributed by atoms with Gasteiger partial charge in [0.25, 0.3) is 0 Å². The normalized spacial score (nSPS) is 22.2. The Labute approximate surface area is 363 Å². The van der Waals surface area contributed by atoms with Crippen LogP contribution in [0.1, 0.15) is 213 Å². The van der Waals surface area contributed by atoms with Crippen LogP contribution in [0.5, 0.6) is 0 Å². The molecule has 14 heteroatoms. The number of esters is 2. The number of ether oxygens (including phenoxy) is 2. The van der Waals surface area contributed by atoms with Crippen molar-refractivity contribution in [2.45, 2.75) is 256 Å². The number of phosphoric acid groups is 1. The van der Waals surface area contributed by atoms with Crippen LogP contribution in [0.4, 0.5) is 0 Å². The Balaban J connectivity index is 2.38. The number of hydrogen-bond donors (Lipinski definition) is 6. The predicted molar refractivity (Wildman–Crippen MR) is 235 cm³/mol. The first-order valence-electron chi connectivity index (χ1n) is 24.0. The number of aliphatic hydroxyl groups excluding tert-OH is 5. The van der Waals surface area contributed by atoms with Gasteiger partial charge >= 0.3 is 19.8 Å². The fraction of sp³-hybridized carbons (Fsp3) is 0.913. The zero-order valence-electron chi connectivity index (χ0n) is 37.5. The average molecular weight is 879 g/mol. The lowest BCUT2D eigenvalue weighted by molar-refractivity contribution is -0.220. The number of carbonyl (C=O) groups excluding carboxylic acids is 2. The lowest BCUT2D eigenvalue weighted by Gasteiger charge is -2.41. The summed E-state index contributed by atoms with van der Waals surface area (Å²) in [5, 5.41) is 50.1. The summed E-state index contributed by atoms with van der Waals surface area (Å²) in [6.45, 7) is 3.29. The van der Waals surface area contributed by atoms with Gasteiger partial charge in [-0.1, -0.05) is 174 Å². The van der Waals surface area contributed by atoms with Crippen molar-refractivity contribution in [3.8, 4) is 0 Å². The highest BCUT2D eigenvalue weighted by Gasteiger charge is 2.51. The summed E-state index contributed by atoms with van der Waals surface area (Å²) in [4.78, 5) is 35.6. The molecule has 0 radical (unpaired) electrons. The van der Waals surface area contributed by atoms with E-state index in [4.69, 9.17) is 18.5 Å². The molecular weight excluding hydrogens is 791 g/mol. The number of unbranched alkanes of at least 4 members (excludes halogenated alkanes) is 26. The fourth-order valence-corrected chi connectivity index (χ4v) is 8.43. The number of hydrogen-bond acceptors (Lipinski definition) is 12. The minimum absolute atomic E-state index is 0.100. The van der Waals surface area contributed by atoms with E-state index in [0.717, 1.165) is 44.9 Å². The molecule has 1 saturated carbocycles. The minimum atomic E-state index is -5.11. The van der Waals surface area contributed by atoms with Gasteiger partial charge in [-0.25, -0.2) is 4.57 Å². The topological polar surface area (TPSA) is 210 Å². The van der Waals surface area contributed by atoms with Gasteiger partial charge in [0.2, 0.25) is 0 Å². The number of phosphoric ester groups is 1. The molecule has 0 saturated heterocycles. The van der Waals surface area contributed by atoms with E-state index in [-0.39, 0.29) is 12.8 Å². The van der Waals surface area contributed by atoms with Crippen LogP contribution < -0.4 is 0 Å². The first-order chi connectivity index (χ1) is 28.9. The number of rotatable bonds is 40. The summed E-state index contributed by atoms with van der Waals surface area (Å²) < 4.78 is 33.5. The highest BCUT2D eigenvalue weighted by molar-refractivity contribution is 7.47. The van der Waals surface area contributed by atoms with Crippen molar-refractivity contribution in [3.63, 3.8) is 0 Å². The first kappa shape index (κ1) is 56.6. The molecule has 0 aromatic rings. The van der Waals surface area contributed by atoms with Gasteiger partial charge < -0.3 is 39.9 Å². The maximum Gasteiger partial charge on any atom is 0.472 e. The van der Waals surface area contributed by atoms with E-state index in [0.29, 0.717) is 12.8 Å². The molecule has 0 aromatic carbocycles. The van der Waals surface area contributed by atoms with Gasteiger partial charge in [0, 0.05) is 12.8 Å². The molecule has 6 N–H and O–H groups in total. The molecule has 0 heterocycles. The Hall–Kier alpha value is -1.41. The summed E-state index contributed by atoms with van der Waals surface area (Å²) in [6, 6.07) is 0. The molecule has 0 aromatic heterocycles. The van der Waals surface area contributed by atoms with Crippen LogP contribution >= 0.6 is 7.82 Å². The number of carbonyl (C=O) groups is 2. The zero-order chi connectivity index (χ0) is 44.3. The lowest BCUT2D eigenvalue weighted by atomic mass is 9.85. The third-order valence-electron chi connectivity index (χ3n) is 11.4.